The summed E-state index contributed by atoms with van der Waals surface area (Å²) in [6, 6.07) is 1.96. The highest BCUT2D eigenvalue weighted by Crippen LogP contribution is 2.40. The molecule has 1 atom stereocenters. The zero-order valence-electron chi connectivity index (χ0n) is 13.3. The summed E-state index contributed by atoms with van der Waals surface area (Å²) in [5, 5.41) is 14.8. The van der Waals surface area contributed by atoms with Crippen LogP contribution < -0.4 is 10.6 Å². The molecule has 1 saturated carbocycles. The van der Waals surface area contributed by atoms with Crippen molar-refractivity contribution in [2.24, 2.45) is 5.92 Å². The van der Waals surface area contributed by atoms with Gasteiger partial charge in [0.05, 0.1) is 29.5 Å². The monoisotopic (exact) mass is 336 g/mol. The van der Waals surface area contributed by atoms with Gasteiger partial charge < -0.3 is 5.32 Å². The highest BCUT2D eigenvalue weighted by molar-refractivity contribution is 6.30. The molecule has 8 heteroatoms. The van der Waals surface area contributed by atoms with Gasteiger partial charge >= 0.3 is 6.03 Å². The van der Waals surface area contributed by atoms with E-state index in [0.717, 1.165) is 11.5 Å². The third-order valence-corrected chi connectivity index (χ3v) is 4.21. The Morgan fingerprint density at radius 2 is 2.30 bits per heavy atom. The predicted molar refractivity (Wildman–Crippen MR) is 88.7 cm³/mol. The summed E-state index contributed by atoms with van der Waals surface area (Å²) in [5.41, 5.74) is 0.902. The third kappa shape index (κ3) is 4.04. The first-order valence-electron chi connectivity index (χ1n) is 7.82. The van der Waals surface area contributed by atoms with E-state index in [1.807, 2.05) is 17.7 Å². The minimum atomic E-state index is -0.243. The summed E-state index contributed by atoms with van der Waals surface area (Å²) in [4.78, 5) is 12.1. The predicted octanol–water partition coefficient (Wildman–Crippen LogP) is 2.83. The van der Waals surface area contributed by atoms with E-state index in [-0.39, 0.29) is 6.03 Å². The molecule has 0 unspecified atom stereocenters. The Bertz CT molecular complexity index is 690. The molecule has 2 aromatic rings. The van der Waals surface area contributed by atoms with Crippen molar-refractivity contribution in [2.75, 3.05) is 11.9 Å². The van der Waals surface area contributed by atoms with Crippen molar-refractivity contribution < 1.29 is 4.79 Å². The lowest BCUT2D eigenvalue weighted by Gasteiger charge is -2.15. The van der Waals surface area contributed by atoms with Crippen LogP contribution in [0.1, 0.15) is 31.5 Å². The SMILES string of the molecule is Cc1cc(NC(=O)NCCn2cc(Cl)cn2)n([C@H](C)C2CC2)n1. The lowest BCUT2D eigenvalue weighted by molar-refractivity contribution is 0.251. The van der Waals surface area contributed by atoms with Crippen LogP contribution in [0.15, 0.2) is 18.5 Å². The van der Waals surface area contributed by atoms with Crippen molar-refractivity contribution in [1.82, 2.24) is 24.9 Å². The van der Waals surface area contributed by atoms with Crippen LogP contribution in [0.5, 0.6) is 0 Å². The lowest BCUT2D eigenvalue weighted by atomic mass is 10.2. The number of rotatable bonds is 6. The minimum Gasteiger partial charge on any atom is -0.336 e. The molecule has 0 aliphatic heterocycles. The topological polar surface area (TPSA) is 76.8 Å². The summed E-state index contributed by atoms with van der Waals surface area (Å²) in [6.45, 7) is 5.11. The fourth-order valence-electron chi connectivity index (χ4n) is 2.60. The molecule has 2 N–H and O–H groups in total. The Hall–Kier alpha value is -2.02. The van der Waals surface area contributed by atoms with Gasteiger partial charge in [-0.25, -0.2) is 9.48 Å². The summed E-state index contributed by atoms with van der Waals surface area (Å²) in [7, 11) is 0. The molecule has 2 heterocycles. The Kier molecular flexibility index (Phi) is 4.56. The number of nitrogens with one attached hydrogen (secondary N) is 2. The maximum absolute atomic E-state index is 12.1. The largest absolute Gasteiger partial charge is 0.336 e. The minimum absolute atomic E-state index is 0.243. The van der Waals surface area contributed by atoms with Crippen LogP contribution in [-0.2, 0) is 6.54 Å². The number of halogens is 1. The second-order valence-corrected chi connectivity index (χ2v) is 6.43. The number of aryl methyl sites for hydroxylation is 1. The number of aromatic nitrogens is 4. The molecule has 0 bridgehead atoms. The van der Waals surface area contributed by atoms with Crippen LogP contribution in [0.25, 0.3) is 0 Å². The van der Waals surface area contributed by atoms with Gasteiger partial charge in [-0.2, -0.15) is 10.2 Å². The first-order valence-corrected chi connectivity index (χ1v) is 8.19. The third-order valence-electron chi connectivity index (χ3n) is 4.02. The fraction of sp³-hybridized carbons (Fsp3) is 0.533. The van der Waals surface area contributed by atoms with Crippen molar-refractivity contribution in [3.8, 4) is 0 Å². The molecule has 7 nitrogen and oxygen atoms in total. The van der Waals surface area contributed by atoms with E-state index in [2.05, 4.69) is 27.8 Å². The zero-order chi connectivity index (χ0) is 16.4. The van der Waals surface area contributed by atoms with Gasteiger partial charge in [-0.3, -0.25) is 10.00 Å². The van der Waals surface area contributed by atoms with E-state index in [1.165, 1.54) is 12.8 Å². The van der Waals surface area contributed by atoms with E-state index >= 15 is 0 Å². The normalized spacial score (nSPS) is 15.4. The average Bonchev–Trinajstić information content (AvgIpc) is 3.18. The molecule has 0 spiro atoms. The zero-order valence-corrected chi connectivity index (χ0v) is 14.0. The molecule has 1 aliphatic rings. The number of carbonyl (C=O) groups excluding carboxylic acids is 1. The Labute approximate surface area is 140 Å². The smallest absolute Gasteiger partial charge is 0.320 e. The molecule has 1 fully saturated rings. The maximum atomic E-state index is 12.1. The summed E-state index contributed by atoms with van der Waals surface area (Å²) in [5.74, 6) is 1.41. The second-order valence-electron chi connectivity index (χ2n) is 6.00. The van der Waals surface area contributed by atoms with Crippen LogP contribution >= 0.6 is 11.6 Å². The Balaban J connectivity index is 1.53. The molecular formula is C15H21ClN6O. The number of hydrogen-bond donors (Lipinski definition) is 2. The van der Waals surface area contributed by atoms with Crippen molar-refractivity contribution in [1.29, 1.82) is 0 Å². The lowest BCUT2D eigenvalue weighted by Crippen LogP contribution is -2.32. The van der Waals surface area contributed by atoms with Crippen molar-refractivity contribution in [3.63, 3.8) is 0 Å². The summed E-state index contributed by atoms with van der Waals surface area (Å²) < 4.78 is 3.60. The average molecular weight is 337 g/mol. The number of amides is 2. The Morgan fingerprint density at radius 1 is 1.52 bits per heavy atom. The van der Waals surface area contributed by atoms with Gasteiger partial charge in [0.25, 0.3) is 0 Å². The van der Waals surface area contributed by atoms with Crippen LogP contribution in [0.4, 0.5) is 10.6 Å². The van der Waals surface area contributed by atoms with Gasteiger partial charge in [0.1, 0.15) is 5.82 Å². The highest BCUT2D eigenvalue weighted by Gasteiger charge is 2.31. The molecule has 124 valence electrons. The molecular weight excluding hydrogens is 316 g/mol. The molecule has 0 aromatic carbocycles. The number of carbonyl (C=O) groups is 1. The highest BCUT2D eigenvalue weighted by atomic mass is 35.5. The summed E-state index contributed by atoms with van der Waals surface area (Å²) in [6.07, 6.45) is 5.76. The molecule has 2 amide bonds. The van der Waals surface area contributed by atoms with E-state index < -0.39 is 0 Å². The van der Waals surface area contributed by atoms with Gasteiger partial charge in [0, 0.05) is 18.8 Å². The van der Waals surface area contributed by atoms with Crippen LogP contribution in [-0.4, -0.2) is 32.1 Å². The number of urea groups is 1. The number of anilines is 1. The van der Waals surface area contributed by atoms with Crippen LogP contribution in [0.2, 0.25) is 5.02 Å². The molecule has 1 aliphatic carbocycles. The fourth-order valence-corrected chi connectivity index (χ4v) is 2.76. The van der Waals surface area contributed by atoms with Crippen LogP contribution in [0, 0.1) is 12.8 Å². The molecule has 0 saturated heterocycles. The van der Waals surface area contributed by atoms with Crippen molar-refractivity contribution in [3.05, 3.63) is 29.2 Å². The Morgan fingerprint density at radius 3 is 2.96 bits per heavy atom. The van der Waals surface area contributed by atoms with E-state index in [1.54, 1.807) is 17.1 Å². The van der Waals surface area contributed by atoms with Crippen molar-refractivity contribution in [2.45, 2.75) is 39.3 Å². The number of nitrogens with zero attached hydrogens (tertiary/aromatic N) is 4. The van der Waals surface area contributed by atoms with Gasteiger partial charge in [0.2, 0.25) is 0 Å². The van der Waals surface area contributed by atoms with Gasteiger partial charge in [-0.05, 0) is 32.6 Å². The number of hydrogen-bond acceptors (Lipinski definition) is 3. The summed E-state index contributed by atoms with van der Waals surface area (Å²) >= 11 is 5.80. The molecule has 0 radical (unpaired) electrons. The van der Waals surface area contributed by atoms with E-state index in [9.17, 15) is 4.79 Å². The molecule has 2 aromatic heterocycles. The van der Waals surface area contributed by atoms with Gasteiger partial charge in [-0.1, -0.05) is 11.6 Å². The standard InChI is InChI=1S/C15H21ClN6O/c1-10-7-14(22(20-10)11(2)12-3-4-12)19-15(23)17-5-6-21-9-13(16)8-18-21/h7-9,11-12H,3-6H2,1-2H3,(H2,17,19,23)/t11-/m1/s1. The molecule has 23 heavy (non-hydrogen) atoms. The van der Waals surface area contributed by atoms with Gasteiger partial charge in [-0.15, -0.1) is 0 Å². The van der Waals surface area contributed by atoms with E-state index in [0.29, 0.717) is 30.1 Å². The quantitative estimate of drug-likeness (QED) is 0.851. The first kappa shape index (κ1) is 15.9. The van der Waals surface area contributed by atoms with Crippen LogP contribution in [0.3, 0.4) is 0 Å². The van der Waals surface area contributed by atoms with E-state index in [4.69, 9.17) is 11.6 Å². The second kappa shape index (κ2) is 6.62. The first-order chi connectivity index (χ1) is 11.0. The maximum Gasteiger partial charge on any atom is 0.320 e. The van der Waals surface area contributed by atoms with Crippen molar-refractivity contribution >= 4 is 23.4 Å². The molecule has 3 rings (SSSR count). The van der Waals surface area contributed by atoms with Gasteiger partial charge in [0.15, 0.2) is 0 Å².